The lowest BCUT2D eigenvalue weighted by Gasteiger charge is -2.30. The van der Waals surface area contributed by atoms with Crippen molar-refractivity contribution in [1.82, 2.24) is 4.57 Å². The van der Waals surface area contributed by atoms with Gasteiger partial charge in [-0.15, -0.1) is 0 Å². The number of hydrogen-bond donors (Lipinski definition) is 0. The van der Waals surface area contributed by atoms with Crippen molar-refractivity contribution in [3.8, 4) is 0 Å². The Bertz CT molecular complexity index is 1170. The smallest absolute Gasteiger partial charge is 0.252 e. The molecule has 158 valence electrons. The maximum absolute atomic E-state index is 13.8. The van der Waals surface area contributed by atoms with E-state index in [1.807, 2.05) is 59.5 Å². The molecule has 0 saturated heterocycles. The summed E-state index contributed by atoms with van der Waals surface area (Å²) >= 11 is 12.3. The molecule has 1 aromatic heterocycles. The summed E-state index contributed by atoms with van der Waals surface area (Å²) in [7, 11) is 0. The summed E-state index contributed by atoms with van der Waals surface area (Å²) in [5.74, 6) is 0.722. The third kappa shape index (κ3) is 3.58. The summed E-state index contributed by atoms with van der Waals surface area (Å²) in [5, 5.41) is 1.26. The molecule has 5 rings (SSSR count). The van der Waals surface area contributed by atoms with Crippen LogP contribution in [0.15, 0.2) is 71.5 Å². The number of nitrogens with zero attached hydrogens (tertiary/aromatic N) is 2. The summed E-state index contributed by atoms with van der Waals surface area (Å²) in [6, 6.07) is 19.5. The van der Waals surface area contributed by atoms with E-state index >= 15 is 0 Å². The molecule has 0 bridgehead atoms. The first kappa shape index (κ1) is 20.3. The van der Waals surface area contributed by atoms with E-state index in [9.17, 15) is 9.59 Å². The molecular formula is C25H22Cl2N2O2. The highest BCUT2D eigenvalue weighted by Gasteiger charge is 2.45. The zero-order valence-electron chi connectivity index (χ0n) is 16.9. The van der Waals surface area contributed by atoms with Crippen LogP contribution >= 0.6 is 23.2 Å². The van der Waals surface area contributed by atoms with Gasteiger partial charge in [0.05, 0.1) is 12.1 Å². The Morgan fingerprint density at radius 3 is 1.90 bits per heavy atom. The molecule has 2 atom stereocenters. The Labute approximate surface area is 191 Å². The van der Waals surface area contributed by atoms with Gasteiger partial charge in [-0.25, -0.2) is 0 Å². The molecule has 2 aliphatic rings. The molecule has 1 aliphatic carbocycles. The molecule has 1 fully saturated rings. The average molecular weight is 453 g/mol. The van der Waals surface area contributed by atoms with Crippen LogP contribution in [0.5, 0.6) is 0 Å². The number of aromatic nitrogens is 1. The minimum Gasteiger partial charge on any atom is -0.288 e. The van der Waals surface area contributed by atoms with Gasteiger partial charge in [-0.1, -0.05) is 66.4 Å². The molecule has 1 aliphatic heterocycles. The number of halogens is 2. The van der Waals surface area contributed by atoms with Gasteiger partial charge in [0.25, 0.3) is 5.56 Å². The molecule has 1 saturated carbocycles. The summed E-state index contributed by atoms with van der Waals surface area (Å²) < 4.78 is 1.75. The second-order valence-corrected chi connectivity index (χ2v) is 9.15. The van der Waals surface area contributed by atoms with Crippen LogP contribution in [-0.4, -0.2) is 10.5 Å². The van der Waals surface area contributed by atoms with Gasteiger partial charge in [-0.2, -0.15) is 0 Å². The van der Waals surface area contributed by atoms with Gasteiger partial charge < -0.3 is 0 Å². The number of benzene rings is 2. The molecule has 0 radical (unpaired) electrons. The van der Waals surface area contributed by atoms with E-state index in [0.29, 0.717) is 15.9 Å². The Balaban J connectivity index is 1.73. The molecule has 0 spiro atoms. The number of carbonyl (C=O) groups excluding carboxylic acids is 1. The Hall–Kier alpha value is -2.56. The van der Waals surface area contributed by atoms with Crippen molar-refractivity contribution in [3.63, 3.8) is 0 Å². The average Bonchev–Trinajstić information content (AvgIpc) is 3.42. The number of anilines is 1. The maximum atomic E-state index is 13.8. The van der Waals surface area contributed by atoms with Gasteiger partial charge in [0, 0.05) is 22.0 Å². The first-order valence-corrected chi connectivity index (χ1v) is 11.4. The molecule has 31 heavy (non-hydrogen) atoms. The minimum absolute atomic E-state index is 0.0115. The summed E-state index contributed by atoms with van der Waals surface area (Å²) in [4.78, 5) is 28.7. The number of hydrogen-bond acceptors (Lipinski definition) is 2. The van der Waals surface area contributed by atoms with Crippen molar-refractivity contribution in [2.75, 3.05) is 4.90 Å². The maximum Gasteiger partial charge on any atom is 0.252 e. The van der Waals surface area contributed by atoms with Gasteiger partial charge in [-0.3, -0.25) is 19.1 Å². The lowest BCUT2D eigenvalue weighted by atomic mass is 9.92. The second-order valence-electron chi connectivity index (χ2n) is 8.27. The summed E-state index contributed by atoms with van der Waals surface area (Å²) in [6.07, 6.45) is 3.92. The van der Waals surface area contributed by atoms with E-state index in [-0.39, 0.29) is 29.5 Å². The van der Waals surface area contributed by atoms with Gasteiger partial charge in [0.15, 0.2) is 0 Å². The first-order chi connectivity index (χ1) is 15.0. The highest BCUT2D eigenvalue weighted by Crippen LogP contribution is 2.48. The molecule has 3 aromatic rings. The molecule has 4 nitrogen and oxygen atoms in total. The SMILES string of the molecule is O=C(C1CCCC1)N1c2cccc(=O)n2[C@H](c2ccc(Cl)cc2)[C@@H]1c1ccc(Cl)cc1. The number of carbonyl (C=O) groups is 1. The van der Waals surface area contributed by atoms with Crippen molar-refractivity contribution >= 4 is 34.9 Å². The molecule has 2 aromatic carbocycles. The van der Waals surface area contributed by atoms with Crippen molar-refractivity contribution in [3.05, 3.63) is 98.3 Å². The monoisotopic (exact) mass is 452 g/mol. The van der Waals surface area contributed by atoms with E-state index < -0.39 is 0 Å². The second kappa shape index (κ2) is 8.18. The van der Waals surface area contributed by atoms with E-state index in [1.54, 1.807) is 16.7 Å². The van der Waals surface area contributed by atoms with E-state index in [1.165, 1.54) is 0 Å². The van der Waals surface area contributed by atoms with Crippen LogP contribution in [0.25, 0.3) is 0 Å². The standard InChI is InChI=1S/C25H22Cl2N2O2/c26-19-12-8-16(9-13-19)23-24(17-10-14-20(27)15-11-17)29(25(31)18-4-1-2-5-18)21-6-3-7-22(30)28(21)23/h3,6-15,18,23-24H,1-2,4-5H2/t23-,24+/m1/s1. The highest BCUT2D eigenvalue weighted by atomic mass is 35.5. The third-order valence-corrected chi connectivity index (χ3v) is 6.94. The summed E-state index contributed by atoms with van der Waals surface area (Å²) in [6.45, 7) is 0. The van der Waals surface area contributed by atoms with Crippen molar-refractivity contribution in [2.24, 2.45) is 5.92 Å². The Kier molecular flexibility index (Phi) is 5.37. The fourth-order valence-electron chi connectivity index (χ4n) is 4.99. The first-order valence-electron chi connectivity index (χ1n) is 10.6. The predicted octanol–water partition coefficient (Wildman–Crippen LogP) is 6.02. The quantitative estimate of drug-likeness (QED) is 0.487. The molecule has 0 N–H and O–H groups in total. The van der Waals surface area contributed by atoms with Crippen molar-refractivity contribution in [1.29, 1.82) is 0 Å². The minimum atomic E-state index is -0.354. The van der Waals surface area contributed by atoms with Gasteiger partial charge >= 0.3 is 0 Å². The molecule has 6 heteroatoms. The number of amides is 1. The van der Waals surface area contributed by atoms with Crippen LogP contribution in [0.3, 0.4) is 0 Å². The zero-order valence-corrected chi connectivity index (χ0v) is 18.4. The number of rotatable bonds is 3. The fourth-order valence-corrected chi connectivity index (χ4v) is 5.24. The topological polar surface area (TPSA) is 42.3 Å². The highest BCUT2D eigenvalue weighted by molar-refractivity contribution is 6.30. The van der Waals surface area contributed by atoms with Crippen molar-refractivity contribution < 1.29 is 4.79 Å². The predicted molar refractivity (Wildman–Crippen MR) is 124 cm³/mol. The fraction of sp³-hybridized carbons (Fsp3) is 0.280. The Morgan fingerprint density at radius 1 is 0.774 bits per heavy atom. The lowest BCUT2D eigenvalue weighted by Crippen LogP contribution is -2.37. The molecule has 1 amide bonds. The molecular weight excluding hydrogens is 431 g/mol. The van der Waals surface area contributed by atoms with Gasteiger partial charge in [0.1, 0.15) is 5.82 Å². The van der Waals surface area contributed by atoms with Crippen LogP contribution in [0.1, 0.15) is 48.9 Å². The van der Waals surface area contributed by atoms with Crippen LogP contribution in [-0.2, 0) is 4.79 Å². The largest absolute Gasteiger partial charge is 0.288 e. The van der Waals surface area contributed by atoms with Crippen LogP contribution < -0.4 is 10.5 Å². The van der Waals surface area contributed by atoms with E-state index in [4.69, 9.17) is 23.2 Å². The van der Waals surface area contributed by atoms with Crippen LogP contribution in [0.4, 0.5) is 5.82 Å². The Morgan fingerprint density at radius 2 is 1.32 bits per heavy atom. The van der Waals surface area contributed by atoms with E-state index in [2.05, 4.69) is 0 Å². The summed E-state index contributed by atoms with van der Waals surface area (Å²) in [5.41, 5.74) is 1.75. The van der Waals surface area contributed by atoms with E-state index in [0.717, 1.165) is 36.8 Å². The van der Waals surface area contributed by atoms with Gasteiger partial charge in [-0.05, 0) is 54.3 Å². The normalized spacial score (nSPS) is 20.8. The van der Waals surface area contributed by atoms with Crippen molar-refractivity contribution in [2.45, 2.75) is 37.8 Å². The third-order valence-electron chi connectivity index (χ3n) is 6.44. The van der Waals surface area contributed by atoms with Crippen LogP contribution in [0.2, 0.25) is 10.0 Å². The van der Waals surface area contributed by atoms with Gasteiger partial charge in [0.2, 0.25) is 5.91 Å². The number of pyridine rings is 1. The molecule has 2 heterocycles. The number of fused-ring (bicyclic) bond motifs is 1. The molecule has 0 unspecified atom stereocenters. The van der Waals surface area contributed by atoms with Crippen LogP contribution in [0, 0.1) is 5.92 Å². The zero-order chi connectivity index (χ0) is 21.5. The lowest BCUT2D eigenvalue weighted by molar-refractivity contribution is -0.122.